The maximum atomic E-state index is 12.6. The number of aromatic nitrogens is 2. The Balaban J connectivity index is 2.25. The van der Waals surface area contributed by atoms with Gasteiger partial charge in [-0.1, -0.05) is 6.07 Å². The van der Waals surface area contributed by atoms with Crippen molar-refractivity contribution in [1.82, 2.24) is 9.97 Å². The van der Waals surface area contributed by atoms with Gasteiger partial charge in [-0.2, -0.15) is 13.2 Å². The molecule has 2 aromatic rings. The van der Waals surface area contributed by atoms with Crippen molar-refractivity contribution in [2.24, 2.45) is 0 Å². The number of hydrogen-bond donors (Lipinski definition) is 1. The number of hydrogen-bond acceptors (Lipinski definition) is 4. The van der Waals surface area contributed by atoms with Gasteiger partial charge in [-0.15, -0.1) is 11.3 Å². The third-order valence-corrected chi connectivity index (χ3v) is 3.54. The fraction of sp³-hybridized carbons (Fsp3) is 0.333. The highest BCUT2D eigenvalue weighted by Crippen LogP contribution is 2.30. The van der Waals surface area contributed by atoms with E-state index in [1.54, 1.807) is 6.20 Å². The molecule has 2 aromatic heterocycles. The normalized spacial score (nSPS) is 12.5. The molecule has 0 radical (unpaired) electrons. The van der Waals surface area contributed by atoms with Crippen LogP contribution in [0.1, 0.15) is 24.5 Å². The lowest BCUT2D eigenvalue weighted by atomic mass is 10.1. The summed E-state index contributed by atoms with van der Waals surface area (Å²) in [7, 11) is 0. The summed E-state index contributed by atoms with van der Waals surface area (Å²) < 4.78 is 37.7. The van der Waals surface area contributed by atoms with E-state index in [9.17, 15) is 13.2 Å². The van der Waals surface area contributed by atoms with Crippen LogP contribution in [0.4, 0.5) is 19.0 Å². The average molecular weight is 287 g/mol. The molecule has 19 heavy (non-hydrogen) atoms. The van der Waals surface area contributed by atoms with Crippen molar-refractivity contribution < 1.29 is 13.2 Å². The van der Waals surface area contributed by atoms with Gasteiger partial charge in [0.05, 0.1) is 5.54 Å². The monoisotopic (exact) mass is 287 g/mol. The first-order valence-electron chi connectivity index (χ1n) is 5.51. The van der Waals surface area contributed by atoms with E-state index in [0.717, 1.165) is 11.1 Å². The second-order valence-corrected chi connectivity index (χ2v) is 5.39. The zero-order chi connectivity index (χ0) is 14.1. The Morgan fingerprint density at radius 3 is 2.53 bits per heavy atom. The van der Waals surface area contributed by atoms with Gasteiger partial charge in [0.2, 0.25) is 0 Å². The number of nitrogens with one attached hydrogen (secondary N) is 1. The van der Waals surface area contributed by atoms with Crippen molar-refractivity contribution in [2.75, 3.05) is 5.32 Å². The fourth-order valence-corrected chi connectivity index (χ4v) is 2.29. The van der Waals surface area contributed by atoms with Crippen LogP contribution in [0, 0.1) is 0 Å². The van der Waals surface area contributed by atoms with Gasteiger partial charge in [-0.05, 0) is 26.0 Å². The van der Waals surface area contributed by atoms with Crippen molar-refractivity contribution in [3.63, 3.8) is 0 Å². The molecule has 0 saturated heterocycles. The predicted molar refractivity (Wildman–Crippen MR) is 68.0 cm³/mol. The summed E-state index contributed by atoms with van der Waals surface area (Å²) in [5.74, 6) is 0.176. The highest BCUT2D eigenvalue weighted by atomic mass is 32.1. The lowest BCUT2D eigenvalue weighted by Crippen LogP contribution is -2.28. The SMILES string of the molecule is CC(C)(Nc1cccc(C(F)(F)F)n1)c1nccs1. The Morgan fingerprint density at radius 2 is 1.95 bits per heavy atom. The van der Waals surface area contributed by atoms with Gasteiger partial charge in [0.1, 0.15) is 16.5 Å². The van der Waals surface area contributed by atoms with E-state index < -0.39 is 17.4 Å². The second-order valence-electron chi connectivity index (χ2n) is 4.49. The molecule has 102 valence electrons. The van der Waals surface area contributed by atoms with E-state index in [2.05, 4.69) is 15.3 Å². The summed E-state index contributed by atoms with van der Waals surface area (Å²) >= 11 is 1.44. The minimum Gasteiger partial charge on any atom is -0.359 e. The number of anilines is 1. The van der Waals surface area contributed by atoms with Crippen LogP contribution in [-0.4, -0.2) is 9.97 Å². The molecule has 3 nitrogen and oxygen atoms in total. The predicted octanol–water partition coefficient (Wildman–Crippen LogP) is 3.90. The minimum absolute atomic E-state index is 0.176. The maximum absolute atomic E-state index is 12.6. The Hall–Kier alpha value is -1.63. The molecule has 0 saturated carbocycles. The molecule has 2 heterocycles. The molecule has 7 heteroatoms. The molecule has 0 aliphatic rings. The van der Waals surface area contributed by atoms with Gasteiger partial charge in [-0.25, -0.2) is 9.97 Å². The molecule has 1 N–H and O–H groups in total. The highest BCUT2D eigenvalue weighted by Gasteiger charge is 2.33. The van der Waals surface area contributed by atoms with Crippen molar-refractivity contribution in [3.8, 4) is 0 Å². The summed E-state index contributed by atoms with van der Waals surface area (Å²) in [5.41, 5.74) is -1.49. The zero-order valence-electron chi connectivity index (χ0n) is 10.3. The topological polar surface area (TPSA) is 37.8 Å². The Labute approximate surface area is 112 Å². The fourth-order valence-electron chi connectivity index (χ4n) is 1.57. The summed E-state index contributed by atoms with van der Waals surface area (Å²) in [4.78, 5) is 7.74. The molecule has 0 atom stereocenters. The van der Waals surface area contributed by atoms with Crippen LogP contribution in [0.25, 0.3) is 0 Å². The largest absolute Gasteiger partial charge is 0.433 e. The molecule has 0 bridgehead atoms. The van der Waals surface area contributed by atoms with Gasteiger partial charge < -0.3 is 5.32 Å². The first kappa shape index (κ1) is 13.8. The van der Waals surface area contributed by atoms with E-state index in [0.29, 0.717) is 0 Å². The Morgan fingerprint density at radius 1 is 1.21 bits per heavy atom. The van der Waals surface area contributed by atoms with E-state index in [1.807, 2.05) is 19.2 Å². The van der Waals surface area contributed by atoms with E-state index >= 15 is 0 Å². The van der Waals surface area contributed by atoms with Crippen molar-refractivity contribution >= 4 is 17.2 Å². The summed E-state index contributed by atoms with van der Waals surface area (Å²) in [6, 6.07) is 3.78. The third kappa shape index (κ3) is 3.23. The Bertz CT molecular complexity index is 550. The first-order chi connectivity index (χ1) is 8.79. The van der Waals surface area contributed by atoms with Crippen LogP contribution in [0.5, 0.6) is 0 Å². The van der Waals surface area contributed by atoms with Crippen LogP contribution in [-0.2, 0) is 11.7 Å². The lowest BCUT2D eigenvalue weighted by Gasteiger charge is -2.24. The molecular formula is C12H12F3N3S. The van der Waals surface area contributed by atoms with Crippen LogP contribution >= 0.6 is 11.3 Å². The smallest absolute Gasteiger partial charge is 0.359 e. The highest BCUT2D eigenvalue weighted by molar-refractivity contribution is 7.09. The zero-order valence-corrected chi connectivity index (χ0v) is 11.1. The van der Waals surface area contributed by atoms with Crippen LogP contribution in [0.3, 0.4) is 0 Å². The number of nitrogens with zero attached hydrogens (tertiary/aromatic N) is 2. The van der Waals surface area contributed by atoms with Crippen LogP contribution in [0.2, 0.25) is 0 Å². The second kappa shape index (κ2) is 4.80. The molecule has 0 fully saturated rings. The quantitative estimate of drug-likeness (QED) is 0.930. The number of rotatable bonds is 3. The third-order valence-electron chi connectivity index (χ3n) is 2.45. The average Bonchev–Trinajstić information content (AvgIpc) is 2.81. The van der Waals surface area contributed by atoms with Gasteiger partial charge in [0.15, 0.2) is 0 Å². The molecule has 2 rings (SSSR count). The minimum atomic E-state index is -4.44. The molecule has 0 aliphatic heterocycles. The van der Waals surface area contributed by atoms with E-state index in [4.69, 9.17) is 0 Å². The molecule has 0 aliphatic carbocycles. The standard InChI is InChI=1S/C12H12F3N3S/c1-11(2,10-16-6-7-19-10)18-9-5-3-4-8(17-9)12(13,14)15/h3-7H,1-2H3,(H,17,18). The van der Waals surface area contributed by atoms with Gasteiger partial charge >= 0.3 is 6.18 Å². The van der Waals surface area contributed by atoms with Crippen molar-refractivity contribution in [1.29, 1.82) is 0 Å². The summed E-state index contributed by atoms with van der Waals surface area (Å²) in [5, 5.41) is 5.57. The van der Waals surface area contributed by atoms with E-state index in [-0.39, 0.29) is 5.82 Å². The number of thiazole rings is 1. The maximum Gasteiger partial charge on any atom is 0.433 e. The van der Waals surface area contributed by atoms with Gasteiger partial charge in [-0.3, -0.25) is 0 Å². The number of alkyl halides is 3. The van der Waals surface area contributed by atoms with Gasteiger partial charge in [0.25, 0.3) is 0 Å². The van der Waals surface area contributed by atoms with Crippen LogP contribution in [0.15, 0.2) is 29.8 Å². The van der Waals surface area contributed by atoms with Crippen molar-refractivity contribution in [3.05, 3.63) is 40.5 Å². The first-order valence-corrected chi connectivity index (χ1v) is 6.39. The molecule has 0 unspecified atom stereocenters. The van der Waals surface area contributed by atoms with Gasteiger partial charge in [0, 0.05) is 11.6 Å². The molecule has 0 aromatic carbocycles. The number of pyridine rings is 1. The number of halogens is 3. The Kier molecular flexibility index (Phi) is 3.49. The van der Waals surface area contributed by atoms with E-state index in [1.165, 1.54) is 23.5 Å². The van der Waals surface area contributed by atoms with Crippen molar-refractivity contribution in [2.45, 2.75) is 25.6 Å². The molecule has 0 spiro atoms. The molecule has 0 amide bonds. The lowest BCUT2D eigenvalue weighted by molar-refractivity contribution is -0.141. The molecular weight excluding hydrogens is 275 g/mol. The summed E-state index contributed by atoms with van der Waals surface area (Å²) in [6.07, 6.45) is -2.79. The van der Waals surface area contributed by atoms with Crippen LogP contribution < -0.4 is 5.32 Å². The summed E-state index contributed by atoms with van der Waals surface area (Å²) in [6.45, 7) is 3.68.